The number of sulfonamides is 1. The first-order valence-corrected chi connectivity index (χ1v) is 4.72. The molecule has 0 aromatic rings. The third kappa shape index (κ3) is 2.64. The van der Waals surface area contributed by atoms with Crippen molar-refractivity contribution in [1.82, 2.24) is 4.89 Å². The maximum atomic E-state index is 10.7. The molecule has 0 aliphatic carbocycles. The maximum absolute atomic E-state index is 10.7. The van der Waals surface area contributed by atoms with Crippen LogP contribution >= 0.6 is 0 Å². The van der Waals surface area contributed by atoms with Gasteiger partial charge >= 0.3 is 0 Å². The van der Waals surface area contributed by atoms with Crippen molar-refractivity contribution in [2.45, 2.75) is 31.9 Å². The fourth-order valence-electron chi connectivity index (χ4n) is 0.644. The fourth-order valence-corrected chi connectivity index (χ4v) is 1.35. The van der Waals surface area contributed by atoms with Crippen molar-refractivity contribution < 1.29 is 8.42 Å². The summed E-state index contributed by atoms with van der Waals surface area (Å²) in [6.45, 7) is 3.39. The monoisotopic (exact) mass is 166 g/mol. The first-order valence-electron chi connectivity index (χ1n) is 3.17. The number of hydrogen-bond donors (Lipinski definition) is 1. The second-order valence-electron chi connectivity index (χ2n) is 2.23. The van der Waals surface area contributed by atoms with Gasteiger partial charge in [0.05, 0.1) is 5.25 Å². The summed E-state index contributed by atoms with van der Waals surface area (Å²) < 4.78 is 21.3. The summed E-state index contributed by atoms with van der Waals surface area (Å²) in [5.74, 6) is 0. The molecule has 0 spiro atoms. The molecule has 0 aliphatic heterocycles. The predicted octanol–water partition coefficient (Wildman–Crippen LogP) is 0.592. The summed E-state index contributed by atoms with van der Waals surface area (Å²) in [7, 11) is -3.57. The highest BCUT2D eigenvalue weighted by atomic mass is 32.2. The van der Waals surface area contributed by atoms with E-state index in [4.69, 9.17) is 0 Å². The Morgan fingerprint density at radius 3 is 2.40 bits per heavy atom. The lowest BCUT2D eigenvalue weighted by molar-refractivity contribution is 0.570. The Bertz CT molecular complexity index is 175. The molecule has 0 amide bonds. The molecule has 1 unspecified atom stereocenters. The van der Waals surface area contributed by atoms with Crippen molar-refractivity contribution >= 4 is 10.0 Å². The van der Waals surface area contributed by atoms with Gasteiger partial charge in [-0.15, -0.1) is 0 Å². The lowest BCUT2D eigenvalue weighted by atomic mass is 10.3. The lowest BCUT2D eigenvalue weighted by Gasteiger charge is -2.14. The molecule has 0 aromatic heterocycles. The van der Waals surface area contributed by atoms with E-state index in [1.54, 1.807) is 0 Å². The Hall–Kier alpha value is -0.130. The standard InChI is InChI=1S/C5H12NO3S/c1-3-4-5(2)10(8,9)6-7/h5-6H,3-4H2,1-2H3/q-1. The molecule has 0 rings (SSSR count). The van der Waals surface area contributed by atoms with Crippen molar-refractivity contribution in [1.29, 1.82) is 0 Å². The third-order valence-electron chi connectivity index (χ3n) is 1.34. The zero-order chi connectivity index (χ0) is 8.20. The number of nitrogens with one attached hydrogen (secondary N) is 1. The molecular weight excluding hydrogens is 154 g/mol. The molecule has 0 saturated heterocycles. The Morgan fingerprint density at radius 1 is 1.60 bits per heavy atom. The zero-order valence-corrected chi connectivity index (χ0v) is 6.94. The molecule has 1 N–H and O–H groups in total. The van der Waals surface area contributed by atoms with Crippen LogP contribution in [0.25, 0.3) is 0 Å². The van der Waals surface area contributed by atoms with Gasteiger partial charge in [0.25, 0.3) is 0 Å². The van der Waals surface area contributed by atoms with E-state index in [9.17, 15) is 13.6 Å². The van der Waals surface area contributed by atoms with E-state index < -0.39 is 15.3 Å². The summed E-state index contributed by atoms with van der Waals surface area (Å²) in [6.07, 6.45) is 1.29. The minimum absolute atomic E-state index is 0.525. The Kier molecular flexibility index (Phi) is 3.85. The van der Waals surface area contributed by atoms with Gasteiger partial charge in [-0.05, 0) is 13.3 Å². The van der Waals surface area contributed by atoms with Crippen LogP contribution in [0.1, 0.15) is 26.7 Å². The lowest BCUT2D eigenvalue weighted by Crippen LogP contribution is -2.28. The van der Waals surface area contributed by atoms with E-state index >= 15 is 0 Å². The van der Waals surface area contributed by atoms with E-state index in [0.717, 1.165) is 11.3 Å². The Balaban J connectivity index is 4.06. The number of hydrogen-bond acceptors (Lipinski definition) is 3. The van der Waals surface area contributed by atoms with E-state index in [1.807, 2.05) is 6.92 Å². The van der Waals surface area contributed by atoms with Gasteiger partial charge in [-0.2, -0.15) is 0 Å². The molecule has 1 atom stereocenters. The van der Waals surface area contributed by atoms with E-state index in [2.05, 4.69) is 0 Å². The van der Waals surface area contributed by atoms with Crippen LogP contribution in [0.3, 0.4) is 0 Å². The van der Waals surface area contributed by atoms with Gasteiger partial charge in [-0.25, -0.2) is 8.42 Å². The van der Waals surface area contributed by atoms with Gasteiger partial charge in [-0.3, -0.25) is 4.89 Å². The van der Waals surface area contributed by atoms with Crippen molar-refractivity contribution in [2.24, 2.45) is 0 Å². The molecule has 0 fully saturated rings. The predicted molar refractivity (Wildman–Crippen MR) is 39.8 cm³/mol. The van der Waals surface area contributed by atoms with Gasteiger partial charge in [-0.1, -0.05) is 13.3 Å². The molecule has 0 heterocycles. The first-order chi connectivity index (χ1) is 4.54. The molecule has 5 heteroatoms. The minimum atomic E-state index is -3.57. The smallest absolute Gasteiger partial charge is 0.203 e. The minimum Gasteiger partial charge on any atom is -0.775 e. The Morgan fingerprint density at radius 2 is 2.10 bits per heavy atom. The van der Waals surface area contributed by atoms with Crippen molar-refractivity contribution in [3.63, 3.8) is 0 Å². The molecule has 10 heavy (non-hydrogen) atoms. The molecule has 0 aromatic carbocycles. The van der Waals surface area contributed by atoms with Crippen LogP contribution in [0.15, 0.2) is 0 Å². The van der Waals surface area contributed by atoms with Crippen LogP contribution in [0.2, 0.25) is 0 Å². The molecule has 0 saturated carbocycles. The second-order valence-corrected chi connectivity index (χ2v) is 4.29. The van der Waals surface area contributed by atoms with Crippen LogP contribution in [-0.2, 0) is 10.0 Å². The van der Waals surface area contributed by atoms with E-state index in [1.165, 1.54) is 6.92 Å². The topological polar surface area (TPSA) is 69.2 Å². The highest BCUT2D eigenvalue weighted by molar-refractivity contribution is 7.90. The van der Waals surface area contributed by atoms with Gasteiger partial charge in [0.15, 0.2) is 0 Å². The molecule has 0 aliphatic rings. The summed E-state index contributed by atoms with van der Waals surface area (Å²) in [4.78, 5) is 1.05. The van der Waals surface area contributed by atoms with Gasteiger partial charge in [0.1, 0.15) is 0 Å². The summed E-state index contributed by atoms with van der Waals surface area (Å²) in [5, 5.41) is 9.26. The summed E-state index contributed by atoms with van der Waals surface area (Å²) in [5.41, 5.74) is 0. The highest BCUT2D eigenvalue weighted by Crippen LogP contribution is 2.04. The average molecular weight is 166 g/mol. The summed E-state index contributed by atoms with van der Waals surface area (Å²) >= 11 is 0. The summed E-state index contributed by atoms with van der Waals surface area (Å²) in [6, 6.07) is 0. The normalized spacial score (nSPS) is 15.1. The first kappa shape index (κ1) is 9.87. The van der Waals surface area contributed by atoms with E-state index in [-0.39, 0.29) is 0 Å². The van der Waals surface area contributed by atoms with Gasteiger partial charge in [0.2, 0.25) is 10.0 Å². The van der Waals surface area contributed by atoms with Crippen LogP contribution in [0, 0.1) is 5.21 Å². The quantitative estimate of drug-likeness (QED) is 0.621. The van der Waals surface area contributed by atoms with Crippen LogP contribution in [0.4, 0.5) is 0 Å². The highest BCUT2D eigenvalue weighted by Gasteiger charge is 2.14. The number of rotatable bonds is 4. The molecule has 4 nitrogen and oxygen atoms in total. The van der Waals surface area contributed by atoms with Crippen molar-refractivity contribution in [3.8, 4) is 0 Å². The van der Waals surface area contributed by atoms with E-state index in [0.29, 0.717) is 6.42 Å². The van der Waals surface area contributed by atoms with Crippen molar-refractivity contribution in [2.75, 3.05) is 0 Å². The largest absolute Gasteiger partial charge is 0.775 e. The van der Waals surface area contributed by atoms with Crippen molar-refractivity contribution in [3.05, 3.63) is 5.21 Å². The van der Waals surface area contributed by atoms with Crippen LogP contribution in [-0.4, -0.2) is 13.7 Å². The van der Waals surface area contributed by atoms with Gasteiger partial charge < -0.3 is 5.21 Å². The molecule has 62 valence electrons. The average Bonchev–Trinajstić information content (AvgIpc) is 1.89. The Labute approximate surface area is 61.3 Å². The van der Waals surface area contributed by atoms with Gasteiger partial charge in [0, 0.05) is 0 Å². The van der Waals surface area contributed by atoms with Crippen LogP contribution in [0.5, 0.6) is 0 Å². The molecule has 0 radical (unpaired) electrons. The third-order valence-corrected chi connectivity index (χ3v) is 2.87. The zero-order valence-electron chi connectivity index (χ0n) is 6.12. The SMILES string of the molecule is CCCC(C)S(=O)(=O)N[O-]. The fraction of sp³-hybridized carbons (Fsp3) is 1.00. The maximum Gasteiger partial charge on any atom is 0.203 e. The van der Waals surface area contributed by atoms with Crippen LogP contribution < -0.4 is 4.89 Å². The molecular formula is C5H12NO3S-. The molecule has 0 bridgehead atoms. The second kappa shape index (κ2) is 3.90.